The number of benzene rings is 2. The van der Waals surface area contributed by atoms with Gasteiger partial charge in [0.2, 0.25) is 5.95 Å². The van der Waals surface area contributed by atoms with Gasteiger partial charge in [-0.3, -0.25) is 14.9 Å². The highest BCUT2D eigenvalue weighted by Crippen LogP contribution is 2.31. The minimum atomic E-state index is -0.0257. The van der Waals surface area contributed by atoms with Gasteiger partial charge < -0.3 is 10.6 Å². The zero-order chi connectivity index (χ0) is 23.5. The maximum atomic E-state index is 12.0. The molecule has 7 nitrogen and oxygen atoms in total. The Bertz CT molecular complexity index is 1280. The van der Waals surface area contributed by atoms with Gasteiger partial charge in [-0.2, -0.15) is 4.98 Å². The Morgan fingerprint density at radius 3 is 2.33 bits per heavy atom. The van der Waals surface area contributed by atoms with Crippen LogP contribution >= 0.6 is 0 Å². The van der Waals surface area contributed by atoms with E-state index in [0.717, 1.165) is 44.8 Å². The average Bonchev–Trinajstić information content (AvgIpc) is 3.40. The number of hydrogen-bond donors (Lipinski definition) is 3. The minimum absolute atomic E-state index is 0.00593. The zero-order valence-corrected chi connectivity index (χ0v) is 19.5. The molecule has 1 aliphatic rings. The van der Waals surface area contributed by atoms with Gasteiger partial charge in [0.25, 0.3) is 5.91 Å². The summed E-state index contributed by atoms with van der Waals surface area (Å²) in [5, 5.41) is 13.5. The maximum Gasteiger partial charge on any atom is 0.252 e. The molecule has 0 fully saturated rings. The molecule has 7 heteroatoms. The van der Waals surface area contributed by atoms with Crippen LogP contribution in [0.5, 0.6) is 0 Å². The number of amides is 1. The first-order valence-electron chi connectivity index (χ1n) is 11.2. The molecule has 168 valence electrons. The van der Waals surface area contributed by atoms with E-state index in [0.29, 0.717) is 11.8 Å². The molecule has 2 aromatic carbocycles. The van der Waals surface area contributed by atoms with Crippen LogP contribution in [-0.2, 0) is 0 Å². The number of nitrogens with one attached hydrogen (secondary N) is 3. The van der Waals surface area contributed by atoms with Gasteiger partial charge in [0.15, 0.2) is 5.82 Å². The van der Waals surface area contributed by atoms with Crippen molar-refractivity contribution in [1.29, 1.82) is 0 Å². The number of carbonyl (C=O) groups excluding carboxylic acids is 1. The van der Waals surface area contributed by atoms with Crippen molar-refractivity contribution in [2.45, 2.75) is 40.7 Å². The number of H-pyrrole nitrogens is 1. The Morgan fingerprint density at radius 2 is 1.64 bits per heavy atom. The highest BCUT2D eigenvalue weighted by atomic mass is 16.2. The topological polar surface area (TPSA) is 95.6 Å². The highest BCUT2D eigenvalue weighted by molar-refractivity contribution is 6.00. The molecule has 0 spiro atoms. The van der Waals surface area contributed by atoms with Gasteiger partial charge in [-0.25, -0.2) is 0 Å². The van der Waals surface area contributed by atoms with Gasteiger partial charge in [0.05, 0.1) is 6.04 Å². The van der Waals surface area contributed by atoms with Crippen molar-refractivity contribution in [3.05, 3.63) is 77.1 Å². The first kappa shape index (κ1) is 22.2. The second kappa shape index (κ2) is 9.24. The third-order valence-electron chi connectivity index (χ3n) is 5.59. The Labute approximate surface area is 193 Å². The standard InChI is InChI=1S/C24H22N6O.C2H6/c1-13-10-20-19(15(3)26-23(20)31)11-21(13)27-24-28-22(29-30-24)17-8-6-16(7-9-17)18-5-4-14(2)25-12-18;1-2/h4-12,15H,1-3H3,(H,26,31)(H2,27,28,29,30);1-2H3. The normalized spacial score (nSPS) is 14.2. The van der Waals surface area contributed by atoms with Crippen molar-refractivity contribution in [2.24, 2.45) is 0 Å². The van der Waals surface area contributed by atoms with Crippen molar-refractivity contribution in [1.82, 2.24) is 25.5 Å². The summed E-state index contributed by atoms with van der Waals surface area (Å²) < 4.78 is 0. The summed E-state index contributed by atoms with van der Waals surface area (Å²) in [6.07, 6.45) is 1.88. The molecule has 1 unspecified atom stereocenters. The van der Waals surface area contributed by atoms with Crippen molar-refractivity contribution in [2.75, 3.05) is 5.32 Å². The summed E-state index contributed by atoms with van der Waals surface area (Å²) in [6, 6.07) is 16.1. The lowest BCUT2D eigenvalue weighted by molar-refractivity contribution is 0.0958. The second-order valence-corrected chi connectivity index (χ2v) is 7.85. The maximum absolute atomic E-state index is 12.0. The Morgan fingerprint density at radius 1 is 0.939 bits per heavy atom. The monoisotopic (exact) mass is 440 g/mol. The average molecular weight is 441 g/mol. The predicted octanol–water partition coefficient (Wildman–Crippen LogP) is 5.72. The summed E-state index contributed by atoms with van der Waals surface area (Å²) >= 11 is 0. The smallest absolute Gasteiger partial charge is 0.252 e. The SMILES string of the molecule is CC.Cc1ccc(-c2ccc(-c3nc(Nc4cc5c(cc4C)C(=O)NC5C)n[nH]3)cc2)cn1. The molecule has 33 heavy (non-hydrogen) atoms. The number of carbonyl (C=O) groups is 1. The molecular formula is C26H28N6O. The zero-order valence-electron chi connectivity index (χ0n) is 19.5. The molecule has 2 aromatic heterocycles. The Hall–Kier alpha value is -4.00. The van der Waals surface area contributed by atoms with Crippen LogP contribution in [0.3, 0.4) is 0 Å². The van der Waals surface area contributed by atoms with E-state index in [1.165, 1.54) is 0 Å². The van der Waals surface area contributed by atoms with Crippen molar-refractivity contribution in [3.63, 3.8) is 0 Å². The van der Waals surface area contributed by atoms with Crippen LogP contribution in [0, 0.1) is 13.8 Å². The Balaban J connectivity index is 0.00000126. The van der Waals surface area contributed by atoms with Gasteiger partial charge in [0, 0.05) is 34.3 Å². The van der Waals surface area contributed by atoms with Gasteiger partial charge in [-0.1, -0.05) is 44.2 Å². The summed E-state index contributed by atoms with van der Waals surface area (Å²) in [6.45, 7) is 9.92. The Kier molecular flexibility index (Phi) is 6.22. The van der Waals surface area contributed by atoms with Gasteiger partial charge >= 0.3 is 0 Å². The second-order valence-electron chi connectivity index (χ2n) is 7.85. The van der Waals surface area contributed by atoms with Crippen LogP contribution in [-0.4, -0.2) is 26.1 Å². The molecule has 5 rings (SSSR count). The minimum Gasteiger partial charge on any atom is -0.345 e. The lowest BCUT2D eigenvalue weighted by Crippen LogP contribution is -2.16. The largest absolute Gasteiger partial charge is 0.345 e. The number of aryl methyl sites for hydroxylation is 2. The molecule has 1 amide bonds. The summed E-state index contributed by atoms with van der Waals surface area (Å²) in [5.41, 5.74) is 7.67. The number of fused-ring (bicyclic) bond motifs is 1. The number of aromatic amines is 1. The number of aromatic nitrogens is 4. The number of pyridine rings is 1. The number of nitrogens with zero attached hydrogens (tertiary/aromatic N) is 3. The van der Waals surface area contributed by atoms with E-state index in [-0.39, 0.29) is 11.9 Å². The quantitative estimate of drug-likeness (QED) is 0.377. The molecular weight excluding hydrogens is 412 g/mol. The molecule has 0 saturated heterocycles. The van der Waals surface area contributed by atoms with E-state index in [1.54, 1.807) is 0 Å². The van der Waals surface area contributed by atoms with Crippen LogP contribution in [0.2, 0.25) is 0 Å². The van der Waals surface area contributed by atoms with Crippen molar-refractivity contribution < 1.29 is 4.79 Å². The number of hydrogen-bond acceptors (Lipinski definition) is 5. The molecule has 4 aromatic rings. The van der Waals surface area contributed by atoms with E-state index in [1.807, 2.05) is 83.3 Å². The van der Waals surface area contributed by atoms with E-state index in [2.05, 4.69) is 36.9 Å². The predicted molar refractivity (Wildman–Crippen MR) is 131 cm³/mol. The molecule has 0 radical (unpaired) electrons. The number of rotatable bonds is 4. The van der Waals surface area contributed by atoms with Crippen LogP contribution in [0.4, 0.5) is 11.6 Å². The summed E-state index contributed by atoms with van der Waals surface area (Å²) in [4.78, 5) is 21.0. The third kappa shape index (κ3) is 4.48. The first-order valence-corrected chi connectivity index (χ1v) is 11.2. The van der Waals surface area contributed by atoms with E-state index in [4.69, 9.17) is 0 Å². The van der Waals surface area contributed by atoms with E-state index < -0.39 is 0 Å². The van der Waals surface area contributed by atoms with Crippen LogP contribution in [0.15, 0.2) is 54.7 Å². The first-order chi connectivity index (χ1) is 16.0. The van der Waals surface area contributed by atoms with E-state index in [9.17, 15) is 4.79 Å². The lowest BCUT2D eigenvalue weighted by atomic mass is 10.0. The molecule has 3 heterocycles. The number of anilines is 2. The van der Waals surface area contributed by atoms with Crippen LogP contribution in [0.1, 0.15) is 54.0 Å². The molecule has 0 aliphatic carbocycles. The highest BCUT2D eigenvalue weighted by Gasteiger charge is 2.26. The molecule has 0 saturated carbocycles. The van der Waals surface area contributed by atoms with Gasteiger partial charge in [0.1, 0.15) is 0 Å². The molecule has 1 aliphatic heterocycles. The van der Waals surface area contributed by atoms with Crippen LogP contribution < -0.4 is 10.6 Å². The summed E-state index contributed by atoms with van der Waals surface area (Å²) in [7, 11) is 0. The van der Waals surface area contributed by atoms with Gasteiger partial charge in [-0.15, -0.1) is 5.10 Å². The van der Waals surface area contributed by atoms with Crippen molar-refractivity contribution in [3.8, 4) is 22.5 Å². The fourth-order valence-electron chi connectivity index (χ4n) is 3.79. The fraction of sp³-hybridized carbons (Fsp3) is 0.231. The lowest BCUT2D eigenvalue weighted by Gasteiger charge is -2.10. The third-order valence-corrected chi connectivity index (χ3v) is 5.59. The van der Waals surface area contributed by atoms with Crippen LogP contribution in [0.25, 0.3) is 22.5 Å². The molecule has 0 bridgehead atoms. The molecule has 1 atom stereocenters. The van der Waals surface area contributed by atoms with Crippen molar-refractivity contribution >= 4 is 17.5 Å². The van der Waals surface area contributed by atoms with E-state index >= 15 is 0 Å². The van der Waals surface area contributed by atoms with Gasteiger partial charge in [-0.05, 0) is 55.7 Å². The fourth-order valence-corrected chi connectivity index (χ4v) is 3.79. The molecule has 3 N–H and O–H groups in total. The summed E-state index contributed by atoms with van der Waals surface area (Å²) in [5.74, 6) is 1.14.